The number of hydrogen-bond acceptors (Lipinski definition) is 3. The molecule has 2 rings (SSSR count). The summed E-state index contributed by atoms with van der Waals surface area (Å²) in [5.74, 6) is 0.578. The Morgan fingerprint density at radius 3 is 2.87 bits per heavy atom. The summed E-state index contributed by atoms with van der Waals surface area (Å²) in [6, 6.07) is 2.37. The molecule has 1 unspecified atom stereocenters. The zero-order valence-corrected chi connectivity index (χ0v) is 11.1. The first-order valence-corrected chi connectivity index (χ1v) is 6.53. The van der Waals surface area contributed by atoms with Crippen LogP contribution in [0.5, 0.6) is 0 Å². The van der Waals surface area contributed by atoms with Gasteiger partial charge >= 0.3 is 0 Å². The van der Waals surface area contributed by atoms with E-state index >= 15 is 0 Å². The van der Waals surface area contributed by atoms with Gasteiger partial charge in [0.1, 0.15) is 6.04 Å². The van der Waals surface area contributed by atoms with Crippen molar-refractivity contribution in [2.45, 2.75) is 25.8 Å². The van der Waals surface area contributed by atoms with E-state index in [9.17, 15) is 0 Å². The number of halogens is 1. The molecule has 0 aromatic carbocycles. The lowest BCUT2D eigenvalue weighted by molar-refractivity contribution is 0.889. The molecule has 15 heavy (non-hydrogen) atoms. The highest BCUT2D eigenvalue weighted by atomic mass is 79.9. The summed E-state index contributed by atoms with van der Waals surface area (Å²) in [5.41, 5.74) is 0. The average Bonchev–Trinajstić information content (AvgIpc) is 2.62. The number of thiophene rings is 1. The smallest absolute Gasteiger partial charge is 0.107 e. The van der Waals surface area contributed by atoms with Crippen molar-refractivity contribution in [1.29, 1.82) is 0 Å². The van der Waals surface area contributed by atoms with E-state index in [1.165, 1.54) is 14.2 Å². The van der Waals surface area contributed by atoms with Gasteiger partial charge in [-0.1, -0.05) is 13.8 Å². The van der Waals surface area contributed by atoms with Crippen molar-refractivity contribution in [2.75, 3.05) is 0 Å². The molecule has 0 amide bonds. The van der Waals surface area contributed by atoms with Crippen molar-refractivity contribution in [2.24, 2.45) is 4.99 Å². The SMILES string of the molecule is CC(C)c1cc(Br)c(C2C=CNC=N2)s1. The Balaban J connectivity index is 2.31. The molecule has 0 saturated heterocycles. The highest BCUT2D eigenvalue weighted by Gasteiger charge is 2.16. The van der Waals surface area contributed by atoms with Gasteiger partial charge in [0.15, 0.2) is 0 Å². The molecular weight excluding hydrogens is 272 g/mol. The molecule has 1 N–H and O–H groups in total. The van der Waals surface area contributed by atoms with Gasteiger partial charge in [0.2, 0.25) is 0 Å². The van der Waals surface area contributed by atoms with Crippen LogP contribution >= 0.6 is 27.3 Å². The summed E-state index contributed by atoms with van der Waals surface area (Å²) in [6.07, 6.45) is 5.74. The quantitative estimate of drug-likeness (QED) is 0.877. The zero-order chi connectivity index (χ0) is 10.8. The molecule has 0 radical (unpaired) electrons. The van der Waals surface area contributed by atoms with Gasteiger partial charge in [-0.2, -0.15) is 0 Å². The lowest BCUT2D eigenvalue weighted by atomic mass is 10.2. The molecule has 2 heterocycles. The van der Waals surface area contributed by atoms with Crippen molar-refractivity contribution < 1.29 is 0 Å². The Kier molecular flexibility index (Phi) is 3.26. The Morgan fingerprint density at radius 1 is 1.53 bits per heavy atom. The van der Waals surface area contributed by atoms with Crippen molar-refractivity contribution >= 4 is 33.6 Å². The third-order valence-electron chi connectivity index (χ3n) is 2.25. The lowest BCUT2D eigenvalue weighted by Crippen LogP contribution is -2.07. The lowest BCUT2D eigenvalue weighted by Gasteiger charge is -2.09. The Labute approximate surface area is 102 Å². The van der Waals surface area contributed by atoms with E-state index in [0.29, 0.717) is 5.92 Å². The van der Waals surface area contributed by atoms with Crippen LogP contribution in [0.25, 0.3) is 0 Å². The monoisotopic (exact) mass is 284 g/mol. The third-order valence-corrected chi connectivity index (χ3v) is 4.68. The zero-order valence-electron chi connectivity index (χ0n) is 8.70. The molecule has 0 spiro atoms. The minimum atomic E-state index is 0.165. The van der Waals surface area contributed by atoms with Crippen LogP contribution in [0.2, 0.25) is 0 Å². The molecule has 80 valence electrons. The average molecular weight is 285 g/mol. The second-order valence-electron chi connectivity index (χ2n) is 3.76. The van der Waals surface area contributed by atoms with Gasteiger partial charge in [0.25, 0.3) is 0 Å². The van der Waals surface area contributed by atoms with Gasteiger partial charge < -0.3 is 5.32 Å². The van der Waals surface area contributed by atoms with Gasteiger partial charge in [0, 0.05) is 20.4 Å². The summed E-state index contributed by atoms with van der Waals surface area (Å²) in [7, 11) is 0. The first-order chi connectivity index (χ1) is 7.18. The maximum atomic E-state index is 4.39. The maximum absolute atomic E-state index is 4.39. The molecule has 0 aliphatic carbocycles. The minimum Gasteiger partial charge on any atom is -0.353 e. The highest BCUT2D eigenvalue weighted by molar-refractivity contribution is 9.10. The molecule has 1 atom stereocenters. The van der Waals surface area contributed by atoms with Gasteiger partial charge in [-0.3, -0.25) is 4.99 Å². The predicted octanol–water partition coefficient (Wildman–Crippen LogP) is 3.82. The first kappa shape index (κ1) is 10.9. The molecule has 0 saturated carbocycles. The summed E-state index contributed by atoms with van der Waals surface area (Å²) < 4.78 is 1.17. The molecule has 1 aromatic heterocycles. The van der Waals surface area contributed by atoms with Crippen molar-refractivity contribution in [1.82, 2.24) is 5.32 Å². The van der Waals surface area contributed by atoms with Crippen molar-refractivity contribution in [3.8, 4) is 0 Å². The summed E-state index contributed by atoms with van der Waals surface area (Å²) in [5, 5.41) is 2.95. The summed E-state index contributed by atoms with van der Waals surface area (Å²) in [4.78, 5) is 7.08. The predicted molar refractivity (Wildman–Crippen MR) is 69.6 cm³/mol. The molecule has 1 aromatic rings. The van der Waals surface area contributed by atoms with Crippen LogP contribution in [0.1, 0.15) is 35.6 Å². The van der Waals surface area contributed by atoms with E-state index in [0.717, 1.165) is 0 Å². The number of nitrogens with zero attached hydrogens (tertiary/aromatic N) is 1. The third kappa shape index (κ3) is 2.32. The number of nitrogens with one attached hydrogen (secondary N) is 1. The molecule has 2 nitrogen and oxygen atoms in total. The number of rotatable bonds is 2. The van der Waals surface area contributed by atoms with Crippen LogP contribution in [0.15, 0.2) is 27.8 Å². The van der Waals surface area contributed by atoms with Gasteiger partial charge in [-0.25, -0.2) is 0 Å². The second kappa shape index (κ2) is 4.49. The van der Waals surface area contributed by atoms with Crippen LogP contribution < -0.4 is 5.32 Å². The maximum Gasteiger partial charge on any atom is 0.107 e. The largest absolute Gasteiger partial charge is 0.353 e. The highest BCUT2D eigenvalue weighted by Crippen LogP contribution is 2.38. The second-order valence-corrected chi connectivity index (χ2v) is 5.73. The minimum absolute atomic E-state index is 0.165. The van der Waals surface area contributed by atoms with Crippen LogP contribution in [-0.2, 0) is 0 Å². The number of hydrogen-bond donors (Lipinski definition) is 1. The molecule has 1 aliphatic rings. The van der Waals surface area contributed by atoms with Crippen LogP contribution in [0.4, 0.5) is 0 Å². The van der Waals surface area contributed by atoms with Gasteiger partial charge in [-0.15, -0.1) is 11.3 Å². The Bertz CT molecular complexity index is 395. The Hall–Kier alpha value is -0.610. The van der Waals surface area contributed by atoms with Crippen molar-refractivity contribution in [3.63, 3.8) is 0 Å². The fourth-order valence-electron chi connectivity index (χ4n) is 1.41. The van der Waals surface area contributed by atoms with E-state index < -0.39 is 0 Å². The van der Waals surface area contributed by atoms with Gasteiger partial charge in [0.05, 0.1) is 6.34 Å². The molecule has 0 fully saturated rings. The summed E-state index contributed by atoms with van der Waals surface area (Å²) >= 11 is 5.44. The fraction of sp³-hybridized carbons (Fsp3) is 0.364. The van der Waals surface area contributed by atoms with Crippen LogP contribution in [0.3, 0.4) is 0 Å². The topological polar surface area (TPSA) is 24.4 Å². The van der Waals surface area contributed by atoms with Crippen LogP contribution in [-0.4, -0.2) is 6.34 Å². The van der Waals surface area contributed by atoms with Crippen molar-refractivity contribution in [3.05, 3.63) is 32.6 Å². The van der Waals surface area contributed by atoms with E-state index in [1.807, 2.05) is 17.5 Å². The summed E-state index contributed by atoms with van der Waals surface area (Å²) in [6.45, 7) is 4.42. The molecule has 1 aliphatic heterocycles. The van der Waals surface area contributed by atoms with E-state index in [-0.39, 0.29) is 6.04 Å². The van der Waals surface area contributed by atoms with Gasteiger partial charge in [-0.05, 0) is 34.0 Å². The first-order valence-electron chi connectivity index (χ1n) is 4.92. The van der Waals surface area contributed by atoms with E-state index in [1.54, 1.807) is 6.34 Å². The standard InChI is InChI=1S/C11H13BrN2S/c1-7(2)10-5-8(12)11(15-10)9-3-4-13-6-14-9/h3-7,9H,1-2H3,(H,13,14). The Morgan fingerprint density at radius 2 is 2.33 bits per heavy atom. The van der Waals surface area contributed by atoms with E-state index in [4.69, 9.17) is 0 Å². The van der Waals surface area contributed by atoms with E-state index in [2.05, 4.69) is 52.2 Å². The normalized spacial score (nSPS) is 19.6. The molecular formula is C11H13BrN2S. The number of aliphatic imine (C=N–C) groups is 1. The molecule has 4 heteroatoms. The fourth-order valence-corrected chi connectivity index (χ4v) is 3.36. The molecule has 0 bridgehead atoms. The van der Waals surface area contributed by atoms with Crippen LogP contribution in [0, 0.1) is 0 Å².